The highest BCUT2D eigenvalue weighted by molar-refractivity contribution is 5.79. The Morgan fingerprint density at radius 3 is 2.46 bits per heavy atom. The first kappa shape index (κ1) is 21.5. The van der Waals surface area contributed by atoms with Crippen LogP contribution in [-0.4, -0.2) is 32.3 Å². The number of rotatable bonds is 5. The summed E-state index contributed by atoms with van der Waals surface area (Å²) in [6.07, 6.45) is 4.65. The lowest BCUT2D eigenvalue weighted by atomic mass is 9.94. The second-order valence-corrected chi connectivity index (χ2v) is 9.44. The highest BCUT2D eigenvalue weighted by Gasteiger charge is 2.48. The maximum absolute atomic E-state index is 13.0. The van der Waals surface area contributed by atoms with E-state index in [1.54, 1.807) is 11.1 Å². The molecule has 4 aromatic rings. The molecule has 2 aliphatic rings. The molecule has 6 nitrogen and oxygen atoms in total. The minimum Gasteiger partial charge on any atom is -0.337 e. The topological polar surface area (TPSA) is 79.0 Å². The van der Waals surface area contributed by atoms with Gasteiger partial charge < -0.3 is 9.88 Å². The third-order valence-corrected chi connectivity index (χ3v) is 7.22. The van der Waals surface area contributed by atoms with Gasteiger partial charge in [0.15, 0.2) is 0 Å². The first-order valence-corrected chi connectivity index (χ1v) is 12.1. The first-order valence-electron chi connectivity index (χ1n) is 12.1. The van der Waals surface area contributed by atoms with Gasteiger partial charge in [0.25, 0.3) is 5.56 Å². The molecule has 1 aliphatic heterocycles. The normalized spacial score (nSPS) is 15.9. The quantitative estimate of drug-likeness (QED) is 0.486. The number of nitrogens with zero attached hydrogens (tertiary/aromatic N) is 3. The molecule has 0 atom stereocenters. The smallest absolute Gasteiger partial charge is 0.256 e. The minimum absolute atomic E-state index is 0.0210. The second kappa shape index (κ2) is 8.62. The summed E-state index contributed by atoms with van der Waals surface area (Å²) in [5.74, 6) is 0.785. The fourth-order valence-electron chi connectivity index (χ4n) is 5.02. The van der Waals surface area contributed by atoms with Crippen LogP contribution >= 0.6 is 0 Å². The number of fused-ring (bicyclic) bond motifs is 1. The Morgan fingerprint density at radius 1 is 0.971 bits per heavy atom. The zero-order valence-corrected chi connectivity index (χ0v) is 19.4. The van der Waals surface area contributed by atoms with Crippen LogP contribution in [0.5, 0.6) is 0 Å². The Hall–Kier alpha value is -4.06. The van der Waals surface area contributed by atoms with Crippen LogP contribution in [0.3, 0.4) is 0 Å². The van der Waals surface area contributed by atoms with E-state index in [4.69, 9.17) is 4.98 Å². The van der Waals surface area contributed by atoms with Crippen molar-refractivity contribution in [1.82, 2.24) is 19.9 Å². The van der Waals surface area contributed by atoms with Gasteiger partial charge in [0.1, 0.15) is 5.82 Å². The third-order valence-electron chi connectivity index (χ3n) is 7.22. The number of hydrogen-bond acceptors (Lipinski definition) is 4. The monoisotopic (exact) mass is 462 g/mol. The molecule has 0 spiro atoms. The van der Waals surface area contributed by atoms with Gasteiger partial charge >= 0.3 is 0 Å². The average Bonchev–Trinajstić information content (AvgIpc) is 3.72. The van der Waals surface area contributed by atoms with Gasteiger partial charge in [-0.05, 0) is 36.1 Å². The van der Waals surface area contributed by atoms with Crippen LogP contribution in [0.25, 0.3) is 11.3 Å². The zero-order chi connectivity index (χ0) is 23.8. The zero-order valence-electron chi connectivity index (χ0n) is 19.4. The number of carbonyl (C=O) groups excluding carboxylic acids is 1. The number of pyridine rings is 1. The molecule has 35 heavy (non-hydrogen) atoms. The highest BCUT2D eigenvalue weighted by Crippen LogP contribution is 2.51. The summed E-state index contributed by atoms with van der Waals surface area (Å²) in [6, 6.07) is 24.0. The van der Waals surface area contributed by atoms with Crippen molar-refractivity contribution in [2.75, 3.05) is 6.54 Å². The number of benzene rings is 2. The van der Waals surface area contributed by atoms with Crippen molar-refractivity contribution in [2.24, 2.45) is 0 Å². The summed E-state index contributed by atoms with van der Waals surface area (Å²) in [4.78, 5) is 40.2. The van der Waals surface area contributed by atoms with Crippen LogP contribution in [-0.2, 0) is 29.6 Å². The molecule has 2 aromatic heterocycles. The Morgan fingerprint density at radius 2 is 1.74 bits per heavy atom. The maximum Gasteiger partial charge on any atom is 0.256 e. The first-order chi connectivity index (χ1) is 17.1. The number of H-pyrrole nitrogens is 1. The molecule has 3 heterocycles. The van der Waals surface area contributed by atoms with Crippen molar-refractivity contribution in [3.63, 3.8) is 0 Å². The van der Waals surface area contributed by atoms with Gasteiger partial charge in [0.05, 0.1) is 35.3 Å². The Labute approximate surface area is 203 Å². The molecule has 1 saturated carbocycles. The molecule has 6 heteroatoms. The fraction of sp³-hybridized carbons (Fsp3) is 0.241. The van der Waals surface area contributed by atoms with Gasteiger partial charge in [0.2, 0.25) is 5.91 Å². The van der Waals surface area contributed by atoms with Crippen LogP contribution < -0.4 is 5.56 Å². The molecular weight excluding hydrogens is 436 g/mol. The summed E-state index contributed by atoms with van der Waals surface area (Å²) in [5.41, 5.74) is 5.22. The van der Waals surface area contributed by atoms with Gasteiger partial charge in [0, 0.05) is 24.7 Å². The maximum atomic E-state index is 13.0. The molecule has 0 unspecified atom stereocenters. The van der Waals surface area contributed by atoms with Gasteiger partial charge in [-0.2, -0.15) is 0 Å². The molecule has 0 bridgehead atoms. The summed E-state index contributed by atoms with van der Waals surface area (Å²) in [5, 5.41) is 0. The van der Waals surface area contributed by atoms with Crippen LogP contribution in [0, 0.1) is 0 Å². The largest absolute Gasteiger partial charge is 0.337 e. The standard InChI is InChI=1S/C29H26N4O2/c34-26(18-20-9-11-21(12-10-20)24-8-4-5-16-30-24)33-17-13-25-23(19-33)27(35)32-28(31-25)29(14-15-29)22-6-2-1-3-7-22/h1-12,16H,13-15,17-19H2,(H,31,32,35). The molecule has 0 saturated heterocycles. The highest BCUT2D eigenvalue weighted by atomic mass is 16.2. The van der Waals surface area contributed by atoms with E-state index < -0.39 is 0 Å². The fourth-order valence-corrected chi connectivity index (χ4v) is 5.02. The number of aromatic nitrogens is 3. The van der Waals surface area contributed by atoms with E-state index in [9.17, 15) is 9.59 Å². The molecule has 1 fully saturated rings. The third kappa shape index (κ3) is 4.05. The number of nitrogens with one attached hydrogen (secondary N) is 1. The van der Waals surface area contributed by atoms with Crippen LogP contribution in [0.4, 0.5) is 0 Å². The lowest BCUT2D eigenvalue weighted by molar-refractivity contribution is -0.131. The van der Waals surface area contributed by atoms with Crippen molar-refractivity contribution in [2.45, 2.75) is 37.6 Å². The van der Waals surface area contributed by atoms with Gasteiger partial charge in [-0.15, -0.1) is 0 Å². The van der Waals surface area contributed by atoms with Crippen molar-refractivity contribution in [3.8, 4) is 11.3 Å². The summed E-state index contributed by atoms with van der Waals surface area (Å²) in [6.45, 7) is 0.882. The van der Waals surface area contributed by atoms with E-state index in [0.717, 1.165) is 41.2 Å². The number of carbonyl (C=O) groups is 1. The van der Waals surface area contributed by atoms with E-state index in [0.29, 0.717) is 31.5 Å². The van der Waals surface area contributed by atoms with Crippen LogP contribution in [0.15, 0.2) is 83.8 Å². The van der Waals surface area contributed by atoms with Crippen molar-refractivity contribution >= 4 is 5.91 Å². The van der Waals surface area contributed by atoms with Gasteiger partial charge in [-0.3, -0.25) is 14.6 Å². The summed E-state index contributed by atoms with van der Waals surface area (Å²) in [7, 11) is 0. The van der Waals surface area contributed by atoms with Crippen LogP contribution in [0.1, 0.15) is 41.1 Å². The Balaban J connectivity index is 1.17. The molecule has 0 radical (unpaired) electrons. The van der Waals surface area contributed by atoms with Crippen molar-refractivity contribution < 1.29 is 4.79 Å². The minimum atomic E-state index is -0.177. The van der Waals surface area contributed by atoms with E-state index in [1.165, 1.54) is 5.56 Å². The Kier molecular flexibility index (Phi) is 5.29. The molecule has 1 amide bonds. The second-order valence-electron chi connectivity index (χ2n) is 9.44. The van der Waals surface area contributed by atoms with E-state index >= 15 is 0 Å². The summed E-state index contributed by atoms with van der Waals surface area (Å²) >= 11 is 0. The van der Waals surface area contributed by atoms with Crippen LogP contribution in [0.2, 0.25) is 0 Å². The average molecular weight is 463 g/mol. The SMILES string of the molecule is O=C(Cc1ccc(-c2ccccn2)cc1)N1CCc2nc(C3(c4ccccc4)CC3)[nH]c(=O)c2C1. The summed E-state index contributed by atoms with van der Waals surface area (Å²) < 4.78 is 0. The van der Waals surface area contributed by atoms with Crippen molar-refractivity contribution in [3.05, 3.63) is 118 Å². The molecule has 174 valence electrons. The number of hydrogen-bond donors (Lipinski definition) is 1. The Bertz CT molecular complexity index is 1430. The lowest BCUT2D eigenvalue weighted by Gasteiger charge is -2.28. The van der Waals surface area contributed by atoms with Gasteiger partial charge in [-0.25, -0.2) is 4.98 Å². The predicted octanol–water partition coefficient (Wildman–Crippen LogP) is 4.04. The van der Waals surface area contributed by atoms with E-state index in [2.05, 4.69) is 22.1 Å². The predicted molar refractivity (Wildman–Crippen MR) is 134 cm³/mol. The van der Waals surface area contributed by atoms with Crippen molar-refractivity contribution in [1.29, 1.82) is 0 Å². The molecule has 2 aromatic carbocycles. The van der Waals surface area contributed by atoms with Gasteiger partial charge in [-0.1, -0.05) is 60.7 Å². The lowest BCUT2D eigenvalue weighted by Crippen LogP contribution is -2.41. The van der Waals surface area contributed by atoms with E-state index in [-0.39, 0.29) is 16.9 Å². The molecule has 1 N–H and O–H groups in total. The van der Waals surface area contributed by atoms with E-state index in [1.807, 2.05) is 60.7 Å². The number of aromatic amines is 1. The molecule has 6 rings (SSSR count). The number of amides is 1. The molecular formula is C29H26N4O2. The molecule has 1 aliphatic carbocycles.